The summed E-state index contributed by atoms with van der Waals surface area (Å²) in [4.78, 5) is 49.6. The third-order valence-electron chi connectivity index (χ3n) is 3.39. The highest BCUT2D eigenvalue weighted by molar-refractivity contribution is 5.77. The summed E-state index contributed by atoms with van der Waals surface area (Å²) in [6.45, 7) is 4.49. The second-order valence-corrected chi connectivity index (χ2v) is 5.37. The van der Waals surface area contributed by atoms with Crippen molar-refractivity contribution in [3.63, 3.8) is 0 Å². The second-order valence-electron chi connectivity index (χ2n) is 5.37. The third kappa shape index (κ3) is 6.37. The van der Waals surface area contributed by atoms with Gasteiger partial charge in [0.05, 0.1) is 5.92 Å². The maximum atomic E-state index is 12.4. The number of nitrogens with one attached hydrogen (secondary N) is 1. The lowest BCUT2D eigenvalue weighted by Gasteiger charge is -2.25. The number of amides is 1. The molecule has 9 nitrogen and oxygen atoms in total. The van der Waals surface area contributed by atoms with E-state index in [9.17, 15) is 19.2 Å². The summed E-state index contributed by atoms with van der Waals surface area (Å²) in [5, 5.41) is 9.03. The number of carboxylic acids is 1. The predicted octanol–water partition coefficient (Wildman–Crippen LogP) is -0.487. The highest BCUT2D eigenvalue weighted by Gasteiger charge is 2.20. The van der Waals surface area contributed by atoms with Gasteiger partial charge in [0.1, 0.15) is 6.54 Å². The fourth-order valence-electron chi connectivity index (χ4n) is 2.04. The van der Waals surface area contributed by atoms with Crippen LogP contribution < -0.4 is 11.2 Å². The average Bonchev–Trinajstić information content (AvgIpc) is 2.52. The standard InChI is InChI=1S/C15H23N3O6/c1-3-24-8-4-6-17(9-11(2)14(21)22)13(20)10-18-7-5-12(19)16-15(18)23/h5,7,11H,3-4,6,8-10H2,1-2H3,(H,21,22)(H,16,19,23). The zero-order valence-corrected chi connectivity index (χ0v) is 13.9. The Morgan fingerprint density at radius 3 is 2.71 bits per heavy atom. The lowest BCUT2D eigenvalue weighted by Crippen LogP contribution is -2.42. The summed E-state index contributed by atoms with van der Waals surface area (Å²) in [7, 11) is 0. The quantitative estimate of drug-likeness (QED) is 0.554. The van der Waals surface area contributed by atoms with Crippen molar-refractivity contribution in [3.05, 3.63) is 33.1 Å². The average molecular weight is 341 g/mol. The molecule has 2 N–H and O–H groups in total. The number of carboxylic acid groups (broad SMARTS) is 1. The molecule has 0 spiro atoms. The van der Waals surface area contributed by atoms with Gasteiger partial charge in [0.2, 0.25) is 5.91 Å². The lowest BCUT2D eigenvalue weighted by molar-refractivity contribution is -0.143. The molecular weight excluding hydrogens is 318 g/mol. The molecule has 0 fully saturated rings. The van der Waals surface area contributed by atoms with E-state index in [-0.39, 0.29) is 13.1 Å². The molecule has 1 amide bonds. The molecule has 1 atom stereocenters. The molecule has 0 aliphatic rings. The number of aromatic amines is 1. The zero-order chi connectivity index (χ0) is 18.1. The van der Waals surface area contributed by atoms with Crippen molar-refractivity contribution >= 4 is 11.9 Å². The highest BCUT2D eigenvalue weighted by Crippen LogP contribution is 2.04. The Hall–Kier alpha value is -2.42. The first kappa shape index (κ1) is 19.6. The van der Waals surface area contributed by atoms with Crippen LogP contribution in [0.15, 0.2) is 21.9 Å². The first-order chi connectivity index (χ1) is 11.3. The number of nitrogens with zero attached hydrogens (tertiary/aromatic N) is 2. The van der Waals surface area contributed by atoms with Crippen LogP contribution in [0.3, 0.4) is 0 Å². The van der Waals surface area contributed by atoms with Crippen LogP contribution in [0.25, 0.3) is 0 Å². The fourth-order valence-corrected chi connectivity index (χ4v) is 2.04. The maximum absolute atomic E-state index is 12.4. The Balaban J connectivity index is 2.78. The fraction of sp³-hybridized carbons (Fsp3) is 0.600. The number of ether oxygens (including phenoxy) is 1. The number of carbonyl (C=O) groups excluding carboxylic acids is 1. The molecule has 0 saturated heterocycles. The Kier molecular flexibility index (Phi) is 7.90. The minimum atomic E-state index is -1.00. The van der Waals surface area contributed by atoms with E-state index >= 15 is 0 Å². The minimum absolute atomic E-state index is 0.0401. The number of rotatable bonds is 10. The molecular formula is C15H23N3O6. The number of aliphatic carboxylic acids is 1. The van der Waals surface area contributed by atoms with Gasteiger partial charge in [0.25, 0.3) is 5.56 Å². The summed E-state index contributed by atoms with van der Waals surface area (Å²) in [5.41, 5.74) is -1.23. The van der Waals surface area contributed by atoms with Crippen molar-refractivity contribution in [1.29, 1.82) is 0 Å². The van der Waals surface area contributed by atoms with E-state index in [1.807, 2.05) is 6.92 Å². The van der Waals surface area contributed by atoms with E-state index in [0.29, 0.717) is 26.2 Å². The van der Waals surface area contributed by atoms with E-state index in [2.05, 4.69) is 4.98 Å². The van der Waals surface area contributed by atoms with Gasteiger partial charge in [0.15, 0.2) is 0 Å². The van der Waals surface area contributed by atoms with Crippen LogP contribution >= 0.6 is 0 Å². The molecule has 1 aromatic heterocycles. The lowest BCUT2D eigenvalue weighted by atomic mass is 10.1. The smallest absolute Gasteiger partial charge is 0.328 e. The Labute approximate surface area is 138 Å². The predicted molar refractivity (Wildman–Crippen MR) is 85.8 cm³/mol. The van der Waals surface area contributed by atoms with Crippen molar-refractivity contribution in [2.75, 3.05) is 26.3 Å². The summed E-state index contributed by atoms with van der Waals surface area (Å²) >= 11 is 0. The van der Waals surface area contributed by atoms with E-state index in [1.165, 1.54) is 18.0 Å². The van der Waals surface area contributed by atoms with Crippen molar-refractivity contribution in [2.45, 2.75) is 26.8 Å². The Bertz CT molecular complexity index is 666. The van der Waals surface area contributed by atoms with Crippen LogP contribution in [0, 0.1) is 5.92 Å². The van der Waals surface area contributed by atoms with Crippen LogP contribution in [0.1, 0.15) is 20.3 Å². The van der Waals surface area contributed by atoms with E-state index in [0.717, 1.165) is 10.6 Å². The van der Waals surface area contributed by atoms with Gasteiger partial charge in [0, 0.05) is 38.6 Å². The van der Waals surface area contributed by atoms with Gasteiger partial charge >= 0.3 is 11.7 Å². The second kappa shape index (κ2) is 9.66. The maximum Gasteiger partial charge on any atom is 0.328 e. The number of H-pyrrole nitrogens is 1. The van der Waals surface area contributed by atoms with E-state index in [1.54, 1.807) is 0 Å². The van der Waals surface area contributed by atoms with Crippen molar-refractivity contribution in [2.24, 2.45) is 5.92 Å². The van der Waals surface area contributed by atoms with Gasteiger partial charge in [-0.2, -0.15) is 0 Å². The Morgan fingerprint density at radius 1 is 1.42 bits per heavy atom. The molecule has 0 saturated carbocycles. The van der Waals surface area contributed by atoms with Crippen LogP contribution in [-0.4, -0.2) is 57.7 Å². The molecule has 24 heavy (non-hydrogen) atoms. The monoisotopic (exact) mass is 341 g/mol. The first-order valence-corrected chi connectivity index (χ1v) is 7.73. The van der Waals surface area contributed by atoms with Gasteiger partial charge in [-0.05, 0) is 13.3 Å². The van der Waals surface area contributed by atoms with Gasteiger partial charge in [-0.15, -0.1) is 0 Å². The van der Waals surface area contributed by atoms with Gasteiger partial charge in [-0.1, -0.05) is 6.92 Å². The van der Waals surface area contributed by atoms with Gasteiger partial charge in [-0.25, -0.2) is 4.79 Å². The molecule has 0 aromatic carbocycles. The van der Waals surface area contributed by atoms with Crippen LogP contribution in [0.2, 0.25) is 0 Å². The highest BCUT2D eigenvalue weighted by atomic mass is 16.5. The number of hydrogen-bond donors (Lipinski definition) is 2. The zero-order valence-electron chi connectivity index (χ0n) is 13.9. The van der Waals surface area contributed by atoms with E-state index in [4.69, 9.17) is 9.84 Å². The Morgan fingerprint density at radius 2 is 2.12 bits per heavy atom. The number of hydrogen-bond acceptors (Lipinski definition) is 5. The van der Waals surface area contributed by atoms with Crippen molar-refractivity contribution in [3.8, 4) is 0 Å². The van der Waals surface area contributed by atoms with Crippen LogP contribution in [0.4, 0.5) is 0 Å². The summed E-state index contributed by atoms with van der Waals surface area (Å²) < 4.78 is 6.29. The molecule has 1 rings (SSSR count). The molecule has 0 aliphatic carbocycles. The largest absolute Gasteiger partial charge is 0.481 e. The van der Waals surface area contributed by atoms with Crippen LogP contribution in [0.5, 0.6) is 0 Å². The van der Waals surface area contributed by atoms with E-state index < -0.39 is 29.0 Å². The molecule has 1 aromatic rings. The van der Waals surface area contributed by atoms with Gasteiger partial charge < -0.3 is 14.7 Å². The van der Waals surface area contributed by atoms with Gasteiger partial charge in [-0.3, -0.25) is 23.9 Å². The summed E-state index contributed by atoms with van der Waals surface area (Å²) in [6, 6.07) is 1.15. The minimum Gasteiger partial charge on any atom is -0.481 e. The summed E-state index contributed by atoms with van der Waals surface area (Å²) in [5.74, 6) is -2.12. The third-order valence-corrected chi connectivity index (χ3v) is 3.39. The SMILES string of the molecule is CCOCCCN(CC(C)C(=O)O)C(=O)Cn1ccc(=O)[nH]c1=O. The number of carbonyl (C=O) groups is 2. The molecule has 0 bridgehead atoms. The molecule has 1 unspecified atom stereocenters. The molecule has 134 valence electrons. The number of aromatic nitrogens is 2. The molecule has 0 radical (unpaired) electrons. The normalized spacial score (nSPS) is 11.9. The topological polar surface area (TPSA) is 122 Å². The molecule has 9 heteroatoms. The van der Waals surface area contributed by atoms with Crippen molar-refractivity contribution in [1.82, 2.24) is 14.5 Å². The molecule has 1 heterocycles. The van der Waals surface area contributed by atoms with Crippen LogP contribution in [-0.2, 0) is 20.9 Å². The van der Waals surface area contributed by atoms with Crippen molar-refractivity contribution < 1.29 is 19.4 Å². The molecule has 0 aliphatic heterocycles. The first-order valence-electron chi connectivity index (χ1n) is 7.73. The summed E-state index contributed by atoms with van der Waals surface area (Å²) in [6.07, 6.45) is 1.80.